The molecule has 1 aromatic carbocycles. The van der Waals surface area contributed by atoms with Gasteiger partial charge in [-0.3, -0.25) is 0 Å². The predicted octanol–water partition coefficient (Wildman–Crippen LogP) is 2.86. The predicted molar refractivity (Wildman–Crippen MR) is 58.8 cm³/mol. The van der Waals surface area contributed by atoms with E-state index in [-0.39, 0.29) is 11.5 Å². The Labute approximate surface area is 85.1 Å². The molecule has 0 aromatic heterocycles. The second-order valence-corrected chi connectivity index (χ2v) is 4.67. The normalized spacial score (nSPS) is 24.8. The van der Waals surface area contributed by atoms with Gasteiger partial charge in [0.1, 0.15) is 0 Å². The number of benzene rings is 1. The molecule has 0 aliphatic heterocycles. The highest BCUT2D eigenvalue weighted by atomic mass is 16.3. The molecule has 74 valence electrons. The van der Waals surface area contributed by atoms with Gasteiger partial charge in [-0.05, 0) is 23.0 Å². The summed E-state index contributed by atoms with van der Waals surface area (Å²) < 4.78 is 0. The fourth-order valence-electron chi connectivity index (χ4n) is 2.09. The fraction of sp³-hybridized carbons (Fsp3) is 0.385. The van der Waals surface area contributed by atoms with Gasteiger partial charge in [-0.2, -0.15) is 0 Å². The molecule has 1 aliphatic carbocycles. The summed E-state index contributed by atoms with van der Waals surface area (Å²) >= 11 is 0. The summed E-state index contributed by atoms with van der Waals surface area (Å²) in [5.74, 6) is 0. The number of hydrogen-bond acceptors (Lipinski definition) is 1. The molecule has 0 radical (unpaired) electrons. The zero-order chi connectivity index (χ0) is 10.2. The third-order valence-corrected chi connectivity index (χ3v) is 2.73. The molecular formula is C13H16O. The van der Waals surface area contributed by atoms with Crippen LogP contribution >= 0.6 is 0 Å². The topological polar surface area (TPSA) is 20.2 Å². The number of rotatable bonds is 1. The molecular weight excluding hydrogens is 172 g/mol. The molecule has 0 spiro atoms. The average Bonchev–Trinajstić information content (AvgIpc) is 2.41. The number of aliphatic hydroxyl groups is 1. The van der Waals surface area contributed by atoms with Gasteiger partial charge in [-0.25, -0.2) is 0 Å². The van der Waals surface area contributed by atoms with E-state index < -0.39 is 0 Å². The fourth-order valence-corrected chi connectivity index (χ4v) is 2.09. The highest BCUT2D eigenvalue weighted by molar-refractivity contribution is 5.71. The summed E-state index contributed by atoms with van der Waals surface area (Å²) in [7, 11) is 0. The maximum atomic E-state index is 9.91. The van der Waals surface area contributed by atoms with Crippen molar-refractivity contribution >= 4 is 5.57 Å². The van der Waals surface area contributed by atoms with Crippen molar-refractivity contribution in [2.24, 2.45) is 5.41 Å². The SMILES string of the molecule is CC1(C)C=C(c2ccccc2)C(O)C1. The van der Waals surface area contributed by atoms with Crippen LogP contribution in [0.25, 0.3) is 5.57 Å². The van der Waals surface area contributed by atoms with Crippen molar-refractivity contribution in [3.63, 3.8) is 0 Å². The molecule has 1 atom stereocenters. The van der Waals surface area contributed by atoms with Crippen LogP contribution in [0.5, 0.6) is 0 Å². The lowest BCUT2D eigenvalue weighted by molar-refractivity contribution is 0.198. The van der Waals surface area contributed by atoms with E-state index in [9.17, 15) is 5.11 Å². The summed E-state index contributed by atoms with van der Waals surface area (Å²) in [5.41, 5.74) is 2.35. The number of aliphatic hydroxyl groups excluding tert-OH is 1. The van der Waals surface area contributed by atoms with Crippen molar-refractivity contribution in [1.82, 2.24) is 0 Å². The van der Waals surface area contributed by atoms with Crippen LogP contribution < -0.4 is 0 Å². The second-order valence-electron chi connectivity index (χ2n) is 4.67. The molecule has 0 amide bonds. The largest absolute Gasteiger partial charge is 0.388 e. The van der Waals surface area contributed by atoms with E-state index in [2.05, 4.69) is 32.1 Å². The Bertz CT molecular complexity index is 349. The molecule has 0 fully saturated rings. The van der Waals surface area contributed by atoms with Crippen LogP contribution in [-0.4, -0.2) is 11.2 Å². The smallest absolute Gasteiger partial charge is 0.0801 e. The third-order valence-electron chi connectivity index (χ3n) is 2.73. The standard InChI is InChI=1S/C13H16O/c1-13(2)8-11(12(14)9-13)10-6-4-3-5-7-10/h3-8,12,14H,9H2,1-2H3. The highest BCUT2D eigenvalue weighted by Crippen LogP contribution is 2.39. The molecule has 0 heterocycles. The molecule has 1 aromatic rings. The van der Waals surface area contributed by atoms with Gasteiger partial charge in [0.2, 0.25) is 0 Å². The Morgan fingerprint density at radius 2 is 1.86 bits per heavy atom. The van der Waals surface area contributed by atoms with E-state index in [0.29, 0.717) is 0 Å². The van der Waals surface area contributed by atoms with Crippen molar-refractivity contribution in [2.75, 3.05) is 0 Å². The van der Waals surface area contributed by atoms with Gasteiger partial charge in [0.25, 0.3) is 0 Å². The van der Waals surface area contributed by atoms with Crippen LogP contribution in [0, 0.1) is 5.41 Å². The van der Waals surface area contributed by atoms with Gasteiger partial charge >= 0.3 is 0 Å². The lowest BCUT2D eigenvalue weighted by atomic mass is 9.93. The van der Waals surface area contributed by atoms with Crippen LogP contribution in [-0.2, 0) is 0 Å². The van der Waals surface area contributed by atoms with E-state index in [4.69, 9.17) is 0 Å². The Morgan fingerprint density at radius 3 is 2.36 bits per heavy atom. The van der Waals surface area contributed by atoms with Crippen molar-refractivity contribution < 1.29 is 5.11 Å². The van der Waals surface area contributed by atoms with E-state index in [1.54, 1.807) is 0 Å². The van der Waals surface area contributed by atoms with E-state index in [1.807, 2.05) is 18.2 Å². The van der Waals surface area contributed by atoms with E-state index in [0.717, 1.165) is 17.6 Å². The Morgan fingerprint density at radius 1 is 1.21 bits per heavy atom. The molecule has 14 heavy (non-hydrogen) atoms. The summed E-state index contributed by atoms with van der Waals surface area (Å²) in [6.07, 6.45) is 2.72. The minimum atomic E-state index is -0.299. The minimum absolute atomic E-state index is 0.130. The molecule has 1 N–H and O–H groups in total. The van der Waals surface area contributed by atoms with Crippen LogP contribution in [0.3, 0.4) is 0 Å². The molecule has 0 saturated heterocycles. The van der Waals surface area contributed by atoms with Gasteiger partial charge in [-0.15, -0.1) is 0 Å². The van der Waals surface area contributed by atoms with Crippen molar-refractivity contribution in [3.8, 4) is 0 Å². The summed E-state index contributed by atoms with van der Waals surface area (Å²) in [5, 5.41) is 9.91. The van der Waals surface area contributed by atoms with Gasteiger partial charge in [-0.1, -0.05) is 50.3 Å². The van der Waals surface area contributed by atoms with E-state index in [1.165, 1.54) is 0 Å². The Balaban J connectivity index is 2.36. The van der Waals surface area contributed by atoms with Gasteiger partial charge in [0, 0.05) is 0 Å². The summed E-state index contributed by atoms with van der Waals surface area (Å²) in [4.78, 5) is 0. The number of hydrogen-bond donors (Lipinski definition) is 1. The molecule has 1 heteroatoms. The molecule has 1 nitrogen and oxygen atoms in total. The van der Waals surface area contributed by atoms with Crippen LogP contribution in [0.2, 0.25) is 0 Å². The summed E-state index contributed by atoms with van der Waals surface area (Å²) in [6.45, 7) is 4.32. The number of allylic oxidation sites excluding steroid dienone is 1. The maximum absolute atomic E-state index is 9.91. The van der Waals surface area contributed by atoms with Crippen molar-refractivity contribution in [2.45, 2.75) is 26.4 Å². The minimum Gasteiger partial charge on any atom is -0.388 e. The van der Waals surface area contributed by atoms with E-state index >= 15 is 0 Å². The molecule has 0 saturated carbocycles. The van der Waals surface area contributed by atoms with Crippen LogP contribution in [0.4, 0.5) is 0 Å². The van der Waals surface area contributed by atoms with Gasteiger partial charge in [0.15, 0.2) is 0 Å². The second kappa shape index (κ2) is 3.25. The molecule has 1 unspecified atom stereocenters. The molecule has 1 aliphatic rings. The lowest BCUT2D eigenvalue weighted by Gasteiger charge is -2.13. The first-order chi connectivity index (χ1) is 6.58. The maximum Gasteiger partial charge on any atom is 0.0801 e. The first-order valence-corrected chi connectivity index (χ1v) is 5.05. The van der Waals surface area contributed by atoms with Gasteiger partial charge in [0.05, 0.1) is 6.10 Å². The average molecular weight is 188 g/mol. The Kier molecular flexibility index (Phi) is 2.20. The first kappa shape index (κ1) is 9.47. The quantitative estimate of drug-likeness (QED) is 0.718. The zero-order valence-corrected chi connectivity index (χ0v) is 8.70. The third kappa shape index (κ3) is 1.73. The monoisotopic (exact) mass is 188 g/mol. The lowest BCUT2D eigenvalue weighted by Crippen LogP contribution is -2.10. The van der Waals surface area contributed by atoms with Crippen LogP contribution in [0.1, 0.15) is 25.8 Å². The van der Waals surface area contributed by atoms with Crippen molar-refractivity contribution in [3.05, 3.63) is 42.0 Å². The highest BCUT2D eigenvalue weighted by Gasteiger charge is 2.30. The molecule has 0 bridgehead atoms. The zero-order valence-electron chi connectivity index (χ0n) is 8.70. The van der Waals surface area contributed by atoms with Crippen LogP contribution in [0.15, 0.2) is 36.4 Å². The Hall–Kier alpha value is -1.08. The first-order valence-electron chi connectivity index (χ1n) is 5.05. The van der Waals surface area contributed by atoms with Gasteiger partial charge < -0.3 is 5.11 Å². The van der Waals surface area contributed by atoms with Crippen molar-refractivity contribution in [1.29, 1.82) is 0 Å². The summed E-state index contributed by atoms with van der Waals surface area (Å²) in [6, 6.07) is 10.1. The molecule has 2 rings (SSSR count).